The van der Waals surface area contributed by atoms with Crippen molar-refractivity contribution < 1.29 is 23.8 Å². The first-order valence-electron chi connectivity index (χ1n) is 10.1. The zero-order chi connectivity index (χ0) is 21.0. The number of carbonyl (C=O) groups excluding carboxylic acids is 2. The molecule has 1 aliphatic carbocycles. The number of hydrogen-bond donors (Lipinski definition) is 1. The van der Waals surface area contributed by atoms with Gasteiger partial charge in [0.15, 0.2) is 0 Å². The number of urea groups is 1. The van der Waals surface area contributed by atoms with Gasteiger partial charge in [-0.2, -0.15) is 0 Å². The molecule has 1 fully saturated rings. The summed E-state index contributed by atoms with van der Waals surface area (Å²) in [5.74, 6) is 0.785. The highest BCUT2D eigenvalue weighted by molar-refractivity contribution is 5.95. The number of nitrogens with zero attached hydrogens (tertiary/aromatic N) is 1. The molecule has 1 aromatic rings. The predicted octanol–water partition coefficient (Wildman–Crippen LogP) is 3.94. The van der Waals surface area contributed by atoms with Gasteiger partial charge >= 0.3 is 12.0 Å². The van der Waals surface area contributed by atoms with E-state index in [1.807, 2.05) is 0 Å². The molecule has 1 saturated carbocycles. The van der Waals surface area contributed by atoms with Crippen molar-refractivity contribution in [2.45, 2.75) is 57.6 Å². The van der Waals surface area contributed by atoms with Crippen LogP contribution in [-0.2, 0) is 9.53 Å². The van der Waals surface area contributed by atoms with Crippen molar-refractivity contribution in [1.82, 2.24) is 10.2 Å². The molecule has 3 rings (SSSR count). The van der Waals surface area contributed by atoms with E-state index in [-0.39, 0.29) is 12.1 Å². The van der Waals surface area contributed by atoms with Crippen LogP contribution in [0.4, 0.5) is 4.79 Å². The van der Waals surface area contributed by atoms with Crippen molar-refractivity contribution in [3.63, 3.8) is 0 Å². The van der Waals surface area contributed by atoms with Gasteiger partial charge in [-0.25, -0.2) is 9.59 Å². The first kappa shape index (κ1) is 21.0. The molecular weight excluding hydrogens is 372 g/mol. The number of nitrogens with one attached hydrogen (secondary N) is 1. The first-order chi connectivity index (χ1) is 14.0. The Kier molecular flexibility index (Phi) is 6.67. The second kappa shape index (κ2) is 9.20. The molecule has 1 aliphatic heterocycles. The van der Waals surface area contributed by atoms with E-state index >= 15 is 0 Å². The fourth-order valence-corrected chi connectivity index (χ4v) is 3.97. The zero-order valence-electron chi connectivity index (χ0n) is 17.6. The van der Waals surface area contributed by atoms with E-state index < -0.39 is 12.0 Å². The molecule has 1 N–H and O–H groups in total. The van der Waals surface area contributed by atoms with Crippen LogP contribution in [0.2, 0.25) is 0 Å². The summed E-state index contributed by atoms with van der Waals surface area (Å²) < 4.78 is 16.7. The minimum atomic E-state index is -0.679. The van der Waals surface area contributed by atoms with Crippen molar-refractivity contribution in [2.24, 2.45) is 0 Å². The standard InChI is InChI=1S/C22H30N2O5/c1-14-19(21(25)29-15-9-7-5-6-8-10-15)20(23-22(26)24(14)2)17-13-16(27-3)11-12-18(17)28-4/h11-13,15,20H,5-10H2,1-4H3,(H,23,26)/t20-/m0/s1. The highest BCUT2D eigenvalue weighted by Gasteiger charge is 2.37. The summed E-state index contributed by atoms with van der Waals surface area (Å²) in [7, 11) is 4.77. The van der Waals surface area contributed by atoms with Crippen LogP contribution < -0.4 is 14.8 Å². The van der Waals surface area contributed by atoms with Gasteiger partial charge in [-0.1, -0.05) is 12.8 Å². The van der Waals surface area contributed by atoms with Crippen LogP contribution in [0.1, 0.15) is 57.1 Å². The maximum Gasteiger partial charge on any atom is 0.338 e. The summed E-state index contributed by atoms with van der Waals surface area (Å²) >= 11 is 0. The Morgan fingerprint density at radius 3 is 2.41 bits per heavy atom. The maximum absolute atomic E-state index is 13.2. The van der Waals surface area contributed by atoms with Gasteiger partial charge in [-0.05, 0) is 50.8 Å². The number of amides is 2. The summed E-state index contributed by atoms with van der Waals surface area (Å²) in [5, 5.41) is 2.91. The molecule has 2 amide bonds. The van der Waals surface area contributed by atoms with E-state index in [1.54, 1.807) is 46.4 Å². The second-order valence-corrected chi connectivity index (χ2v) is 7.57. The van der Waals surface area contributed by atoms with Crippen molar-refractivity contribution in [3.05, 3.63) is 35.0 Å². The highest BCUT2D eigenvalue weighted by Crippen LogP contribution is 2.38. The number of esters is 1. The minimum Gasteiger partial charge on any atom is -0.497 e. The van der Waals surface area contributed by atoms with Gasteiger partial charge in [0.25, 0.3) is 0 Å². The number of carbonyl (C=O) groups is 2. The Labute approximate surface area is 172 Å². The van der Waals surface area contributed by atoms with Gasteiger partial charge in [0, 0.05) is 18.3 Å². The van der Waals surface area contributed by atoms with E-state index in [0.29, 0.717) is 28.3 Å². The van der Waals surface area contributed by atoms with Gasteiger partial charge in [-0.15, -0.1) is 0 Å². The van der Waals surface area contributed by atoms with E-state index in [0.717, 1.165) is 25.7 Å². The van der Waals surface area contributed by atoms with Gasteiger partial charge < -0.3 is 24.4 Å². The lowest BCUT2D eigenvalue weighted by molar-refractivity contribution is -0.145. The van der Waals surface area contributed by atoms with Crippen LogP contribution in [-0.4, -0.2) is 44.3 Å². The Morgan fingerprint density at radius 1 is 1.10 bits per heavy atom. The second-order valence-electron chi connectivity index (χ2n) is 7.57. The maximum atomic E-state index is 13.2. The normalized spacial score (nSPS) is 20.8. The van der Waals surface area contributed by atoms with E-state index in [9.17, 15) is 9.59 Å². The van der Waals surface area contributed by atoms with E-state index in [2.05, 4.69) is 5.32 Å². The molecule has 1 aromatic carbocycles. The third-order valence-electron chi connectivity index (χ3n) is 5.80. The largest absolute Gasteiger partial charge is 0.497 e. The van der Waals surface area contributed by atoms with Gasteiger partial charge in [-0.3, -0.25) is 0 Å². The number of methoxy groups -OCH3 is 2. The zero-order valence-corrected chi connectivity index (χ0v) is 17.6. The van der Waals surface area contributed by atoms with Crippen LogP contribution in [0.5, 0.6) is 11.5 Å². The molecule has 7 heteroatoms. The third kappa shape index (κ3) is 4.49. The summed E-state index contributed by atoms with van der Waals surface area (Å²) in [6.07, 6.45) is 6.18. The molecule has 1 heterocycles. The molecule has 0 unspecified atom stereocenters. The Bertz CT molecular complexity index is 796. The molecule has 1 atom stereocenters. The predicted molar refractivity (Wildman–Crippen MR) is 109 cm³/mol. The molecule has 2 aliphatic rings. The Balaban J connectivity index is 1.98. The first-order valence-corrected chi connectivity index (χ1v) is 10.1. The number of benzene rings is 1. The van der Waals surface area contributed by atoms with Gasteiger partial charge in [0.1, 0.15) is 17.6 Å². The average molecular weight is 402 g/mol. The van der Waals surface area contributed by atoms with Gasteiger partial charge in [0.05, 0.1) is 25.8 Å². The lowest BCUT2D eigenvalue weighted by atomic mass is 9.94. The van der Waals surface area contributed by atoms with Crippen LogP contribution in [0.3, 0.4) is 0 Å². The average Bonchev–Trinajstić information content (AvgIpc) is 2.99. The van der Waals surface area contributed by atoms with Crippen LogP contribution in [0, 0.1) is 0 Å². The highest BCUT2D eigenvalue weighted by atomic mass is 16.5. The Hall–Kier alpha value is -2.70. The lowest BCUT2D eigenvalue weighted by Crippen LogP contribution is -2.46. The van der Waals surface area contributed by atoms with Crippen molar-refractivity contribution in [1.29, 1.82) is 0 Å². The molecule has 29 heavy (non-hydrogen) atoms. The van der Waals surface area contributed by atoms with Crippen LogP contribution in [0.15, 0.2) is 29.5 Å². The van der Waals surface area contributed by atoms with Crippen molar-refractivity contribution in [2.75, 3.05) is 21.3 Å². The number of allylic oxidation sites excluding steroid dienone is 1. The molecule has 0 saturated heterocycles. The summed E-state index contributed by atoms with van der Waals surface area (Å²) in [6.45, 7) is 1.77. The minimum absolute atomic E-state index is 0.0823. The molecule has 0 radical (unpaired) electrons. The van der Waals surface area contributed by atoms with Crippen LogP contribution >= 0.6 is 0 Å². The SMILES string of the molecule is COc1ccc(OC)c([C@@H]2NC(=O)N(C)C(C)=C2C(=O)OC2CCCCCC2)c1. The molecule has 0 bridgehead atoms. The smallest absolute Gasteiger partial charge is 0.338 e. The fraction of sp³-hybridized carbons (Fsp3) is 0.545. The molecule has 158 valence electrons. The third-order valence-corrected chi connectivity index (χ3v) is 5.80. The number of rotatable bonds is 5. The summed E-state index contributed by atoms with van der Waals surface area (Å²) in [4.78, 5) is 27.2. The fourth-order valence-electron chi connectivity index (χ4n) is 3.97. The molecule has 7 nitrogen and oxygen atoms in total. The van der Waals surface area contributed by atoms with Crippen molar-refractivity contribution in [3.8, 4) is 11.5 Å². The monoisotopic (exact) mass is 402 g/mol. The summed E-state index contributed by atoms with van der Waals surface area (Å²) in [6, 6.07) is 4.35. The quantitative estimate of drug-likeness (QED) is 0.596. The summed E-state index contributed by atoms with van der Waals surface area (Å²) in [5.41, 5.74) is 1.64. The van der Waals surface area contributed by atoms with E-state index in [4.69, 9.17) is 14.2 Å². The number of hydrogen-bond acceptors (Lipinski definition) is 5. The lowest BCUT2D eigenvalue weighted by Gasteiger charge is -2.34. The Morgan fingerprint density at radius 2 is 1.79 bits per heavy atom. The topological polar surface area (TPSA) is 77.1 Å². The van der Waals surface area contributed by atoms with Crippen LogP contribution in [0.25, 0.3) is 0 Å². The molecular formula is C22H30N2O5. The molecule has 0 spiro atoms. The van der Waals surface area contributed by atoms with E-state index in [1.165, 1.54) is 17.7 Å². The van der Waals surface area contributed by atoms with Gasteiger partial charge in [0.2, 0.25) is 0 Å². The van der Waals surface area contributed by atoms with Crippen molar-refractivity contribution >= 4 is 12.0 Å². The molecule has 0 aromatic heterocycles. The number of ether oxygens (including phenoxy) is 3.